The zero-order valence-corrected chi connectivity index (χ0v) is 40.9. The third-order valence-corrected chi connectivity index (χ3v) is 13.4. The number of fused-ring (bicyclic) bond motifs is 18. The van der Waals surface area contributed by atoms with Crippen LogP contribution in [0.3, 0.4) is 0 Å². The van der Waals surface area contributed by atoms with Gasteiger partial charge in [-0.25, -0.2) is 59.8 Å². The van der Waals surface area contributed by atoms with Gasteiger partial charge in [0.05, 0.1) is 45.4 Å². The predicted molar refractivity (Wildman–Crippen MR) is 277 cm³/mol. The SMILES string of the molecule is Cc1nc(C)nc(-c2ccc3c4ccc5cc4n(c3c2)-c2cc(-c3ccccc3C(F)(F)F)cc(c2C#N)-n2c3cc(-c4nc(C)nc(C)n4)ccc3c3ccc(cc32)-c2nc(C)nc(n2)Cc2nc(C)nc-5n2)n1. The number of rotatable bonds is 3. The van der Waals surface area contributed by atoms with Crippen LogP contribution >= 0.6 is 0 Å². The second kappa shape index (κ2) is 16.6. The summed E-state index contributed by atoms with van der Waals surface area (Å²) in [4.78, 5) is 56.6. The van der Waals surface area contributed by atoms with E-state index in [2.05, 4.69) is 16.0 Å². The quantitative estimate of drug-likeness (QED) is 0.163. The standard InChI is InChI=1S/C57H38F3N15/c1-27-62-28(2)67-53(66-27)33-11-15-39-41-17-13-35-21-47(41)74(45(39)19-33)49-23-37(38-9-7-8-10-44(38)57(58,59)60)24-50(43(49)26-61)75-46-20-34(54-68-29(3)63-30(4)69-54)12-16-40(46)42-18-14-36(22-48(42)75)56-71-32(6)65-52(73-56)25-51-64-31(5)70-55(35)72-51/h7-24H,25H2,1-6H3. The smallest absolute Gasteiger partial charge is 0.308 e. The molecule has 12 aromatic rings. The molecule has 0 unspecified atom stereocenters. The Morgan fingerprint density at radius 1 is 0.413 bits per heavy atom. The molecule has 75 heavy (non-hydrogen) atoms. The number of nitriles is 1. The monoisotopic (exact) mass is 989 g/mol. The lowest BCUT2D eigenvalue weighted by atomic mass is 9.96. The van der Waals surface area contributed by atoms with Crippen molar-refractivity contribution in [3.05, 3.63) is 167 Å². The van der Waals surface area contributed by atoms with Crippen LogP contribution in [0.4, 0.5) is 13.2 Å². The van der Waals surface area contributed by atoms with E-state index < -0.39 is 11.7 Å². The molecule has 0 amide bonds. The maximum Gasteiger partial charge on any atom is 0.417 e. The Morgan fingerprint density at radius 2 is 0.760 bits per heavy atom. The molecule has 362 valence electrons. The third kappa shape index (κ3) is 7.58. The van der Waals surface area contributed by atoms with E-state index in [1.54, 1.807) is 59.7 Å². The van der Waals surface area contributed by atoms with E-state index in [-0.39, 0.29) is 23.1 Å². The number of halogens is 3. The number of aryl methyl sites for hydroxylation is 6. The minimum atomic E-state index is -4.74. The van der Waals surface area contributed by atoms with Crippen LogP contribution < -0.4 is 0 Å². The molecule has 0 fully saturated rings. The molecule has 0 atom stereocenters. The molecule has 13 rings (SSSR count). The van der Waals surface area contributed by atoms with Crippen LogP contribution in [0.5, 0.6) is 0 Å². The van der Waals surface area contributed by atoms with Gasteiger partial charge < -0.3 is 9.13 Å². The Morgan fingerprint density at radius 3 is 1.12 bits per heavy atom. The number of nitrogens with zero attached hydrogens (tertiary/aromatic N) is 15. The van der Waals surface area contributed by atoms with Crippen LogP contribution in [0.2, 0.25) is 0 Å². The van der Waals surface area contributed by atoms with Gasteiger partial charge in [-0.3, -0.25) is 0 Å². The fourth-order valence-corrected chi connectivity index (χ4v) is 10.5. The molecular formula is C57H38F3N15. The zero-order valence-electron chi connectivity index (χ0n) is 40.9. The second-order valence-electron chi connectivity index (χ2n) is 18.6. The molecule has 1 aliphatic heterocycles. The third-order valence-electron chi connectivity index (χ3n) is 13.4. The topological polar surface area (TPSA) is 188 Å². The van der Waals surface area contributed by atoms with Gasteiger partial charge >= 0.3 is 6.18 Å². The number of hydrogen-bond acceptors (Lipinski definition) is 13. The summed E-state index contributed by atoms with van der Waals surface area (Å²) in [7, 11) is 0. The summed E-state index contributed by atoms with van der Waals surface area (Å²) in [5.41, 5.74) is 5.10. The van der Waals surface area contributed by atoms with E-state index in [0.717, 1.165) is 27.6 Å². The van der Waals surface area contributed by atoms with Crippen LogP contribution in [0, 0.1) is 52.9 Å². The average molecular weight is 990 g/mol. The lowest BCUT2D eigenvalue weighted by Crippen LogP contribution is -2.09. The van der Waals surface area contributed by atoms with Gasteiger partial charge in [0.2, 0.25) is 0 Å². The number of hydrogen-bond donors (Lipinski definition) is 0. The lowest BCUT2D eigenvalue weighted by molar-refractivity contribution is -0.137. The van der Waals surface area contributed by atoms with Crippen molar-refractivity contribution < 1.29 is 13.2 Å². The van der Waals surface area contributed by atoms with Crippen molar-refractivity contribution in [1.82, 2.24) is 68.9 Å². The van der Waals surface area contributed by atoms with Crippen molar-refractivity contribution in [3.8, 4) is 74.1 Å². The first-order chi connectivity index (χ1) is 36.1. The Kier molecular flexibility index (Phi) is 10.0. The molecule has 0 saturated heterocycles. The fraction of sp³-hybridized carbons (Fsp3) is 0.140. The lowest BCUT2D eigenvalue weighted by Gasteiger charge is -2.20. The van der Waals surface area contributed by atoms with E-state index in [4.69, 9.17) is 49.8 Å². The van der Waals surface area contributed by atoms with Crippen molar-refractivity contribution in [3.63, 3.8) is 0 Å². The van der Waals surface area contributed by atoms with Crippen LogP contribution in [-0.4, -0.2) is 68.9 Å². The van der Waals surface area contributed by atoms with Gasteiger partial charge in [-0.15, -0.1) is 0 Å². The minimum absolute atomic E-state index is 0.0860. The first-order valence-corrected chi connectivity index (χ1v) is 23.9. The van der Waals surface area contributed by atoms with Crippen molar-refractivity contribution in [1.29, 1.82) is 5.26 Å². The normalized spacial score (nSPS) is 12.3. The summed E-state index contributed by atoms with van der Waals surface area (Å²) < 4.78 is 49.9. The Hall–Kier alpha value is -9.76. The summed E-state index contributed by atoms with van der Waals surface area (Å²) in [6.07, 6.45) is -4.57. The number of aromatic nitrogens is 14. The zero-order chi connectivity index (χ0) is 51.6. The molecule has 6 aromatic carbocycles. The van der Waals surface area contributed by atoms with Gasteiger partial charge in [-0.05, 0) is 95.1 Å². The molecule has 0 radical (unpaired) electrons. The summed E-state index contributed by atoms with van der Waals surface area (Å²) in [6.45, 7) is 10.8. The molecule has 0 saturated carbocycles. The molecule has 15 nitrogen and oxygen atoms in total. The van der Waals surface area contributed by atoms with Gasteiger partial charge in [0.15, 0.2) is 23.3 Å². The van der Waals surface area contributed by atoms with Crippen molar-refractivity contribution in [2.75, 3.05) is 0 Å². The van der Waals surface area contributed by atoms with E-state index in [0.29, 0.717) is 126 Å². The van der Waals surface area contributed by atoms with E-state index in [1.165, 1.54) is 12.1 Å². The minimum Gasteiger partial charge on any atom is -0.308 e. The van der Waals surface area contributed by atoms with Crippen molar-refractivity contribution in [2.45, 2.75) is 54.1 Å². The second-order valence-corrected chi connectivity index (χ2v) is 18.6. The first-order valence-electron chi connectivity index (χ1n) is 23.9. The van der Waals surface area contributed by atoms with Crippen molar-refractivity contribution >= 4 is 43.6 Å². The van der Waals surface area contributed by atoms with E-state index in [9.17, 15) is 5.26 Å². The molecule has 0 N–H and O–H groups in total. The Balaban J connectivity index is 1.24. The van der Waals surface area contributed by atoms with Gasteiger partial charge in [0.25, 0.3) is 0 Å². The Labute approximate surface area is 424 Å². The number of alkyl halides is 3. The van der Waals surface area contributed by atoms with Gasteiger partial charge in [-0.2, -0.15) is 18.4 Å². The van der Waals surface area contributed by atoms with Crippen LogP contribution in [0.1, 0.15) is 57.7 Å². The highest BCUT2D eigenvalue weighted by atomic mass is 19.4. The van der Waals surface area contributed by atoms with Crippen LogP contribution in [-0.2, 0) is 12.6 Å². The fourth-order valence-electron chi connectivity index (χ4n) is 10.5. The van der Waals surface area contributed by atoms with E-state index in [1.807, 2.05) is 81.9 Å². The molecule has 1 aliphatic rings. The maximum atomic E-state index is 15.4. The molecule has 0 aliphatic carbocycles. The molecule has 7 heterocycles. The van der Waals surface area contributed by atoms with Crippen LogP contribution in [0.15, 0.2) is 109 Å². The summed E-state index contributed by atoms with van der Waals surface area (Å²) in [6, 6.07) is 34.7. The van der Waals surface area contributed by atoms with Crippen LogP contribution in [0.25, 0.3) is 112 Å². The Bertz CT molecular complexity index is 4210. The van der Waals surface area contributed by atoms with Gasteiger partial charge in [0, 0.05) is 43.8 Å². The summed E-state index contributed by atoms with van der Waals surface area (Å²) >= 11 is 0. The summed E-state index contributed by atoms with van der Waals surface area (Å²) in [5, 5.41) is 15.1. The molecular weight excluding hydrogens is 952 g/mol. The molecule has 0 spiro atoms. The molecule has 18 heteroatoms. The maximum absolute atomic E-state index is 15.4. The first kappa shape index (κ1) is 45.1. The highest BCUT2D eigenvalue weighted by molar-refractivity contribution is 6.13. The largest absolute Gasteiger partial charge is 0.417 e. The van der Waals surface area contributed by atoms with E-state index >= 15 is 13.2 Å². The number of benzene rings is 6. The molecule has 10 bridgehead atoms. The highest BCUT2D eigenvalue weighted by Gasteiger charge is 2.34. The highest BCUT2D eigenvalue weighted by Crippen LogP contribution is 2.45. The van der Waals surface area contributed by atoms with Gasteiger partial charge in [0.1, 0.15) is 58.2 Å². The summed E-state index contributed by atoms with van der Waals surface area (Å²) in [5.74, 6) is 5.56. The average Bonchev–Trinajstić information content (AvgIpc) is 3.90. The molecule has 6 aromatic heterocycles. The van der Waals surface area contributed by atoms with Crippen molar-refractivity contribution in [2.24, 2.45) is 0 Å². The van der Waals surface area contributed by atoms with Gasteiger partial charge in [-0.1, -0.05) is 66.7 Å². The predicted octanol–water partition coefficient (Wildman–Crippen LogP) is 11.6.